The van der Waals surface area contributed by atoms with Crippen LogP contribution in [0.4, 0.5) is 18.0 Å². The zero-order valence-corrected chi connectivity index (χ0v) is 15.3. The lowest BCUT2D eigenvalue weighted by atomic mass is 9.73. The van der Waals surface area contributed by atoms with Crippen molar-refractivity contribution in [1.29, 1.82) is 0 Å². The molecule has 1 aliphatic heterocycles. The molecule has 1 amide bonds. The topological polar surface area (TPSA) is 55.6 Å². The first-order valence-corrected chi connectivity index (χ1v) is 8.87. The van der Waals surface area contributed by atoms with E-state index < -0.39 is 28.8 Å². The maximum atomic E-state index is 13.4. The van der Waals surface area contributed by atoms with Gasteiger partial charge in [-0.2, -0.15) is 13.2 Å². The molecular formula is C19H25F3N2O2. The molecule has 0 aromatic heterocycles. The largest absolute Gasteiger partial charge is 0.444 e. The highest BCUT2D eigenvalue weighted by Gasteiger charge is 2.49. The fourth-order valence-corrected chi connectivity index (χ4v) is 4.22. The Morgan fingerprint density at radius 1 is 1.23 bits per heavy atom. The number of nitrogens with two attached hydrogens (primary N) is 1. The average molecular weight is 370 g/mol. The summed E-state index contributed by atoms with van der Waals surface area (Å²) in [5, 5.41) is 0. The van der Waals surface area contributed by atoms with Gasteiger partial charge in [-0.05, 0) is 57.2 Å². The summed E-state index contributed by atoms with van der Waals surface area (Å²) >= 11 is 0. The monoisotopic (exact) mass is 370 g/mol. The number of carbonyl (C=O) groups is 1. The van der Waals surface area contributed by atoms with Crippen LogP contribution in [0.3, 0.4) is 0 Å². The number of fused-ring (bicyclic) bond motifs is 2. The Bertz CT molecular complexity index is 702. The number of carbonyl (C=O) groups excluding carboxylic acids is 1. The van der Waals surface area contributed by atoms with Gasteiger partial charge in [0.05, 0.1) is 5.56 Å². The average Bonchev–Trinajstić information content (AvgIpc) is 2.78. The first kappa shape index (κ1) is 19.0. The van der Waals surface area contributed by atoms with E-state index in [1.807, 2.05) is 0 Å². The van der Waals surface area contributed by atoms with E-state index in [9.17, 15) is 18.0 Å². The van der Waals surface area contributed by atoms with Crippen molar-refractivity contribution in [3.63, 3.8) is 0 Å². The summed E-state index contributed by atoms with van der Waals surface area (Å²) < 4.78 is 45.5. The number of amides is 1. The Hall–Kier alpha value is -1.76. The quantitative estimate of drug-likeness (QED) is 0.737. The normalized spacial score (nSPS) is 22.4. The predicted molar refractivity (Wildman–Crippen MR) is 91.7 cm³/mol. The smallest absolute Gasteiger partial charge is 0.416 e. The highest BCUT2D eigenvalue weighted by Crippen LogP contribution is 2.53. The van der Waals surface area contributed by atoms with Gasteiger partial charge in [0.1, 0.15) is 5.60 Å². The summed E-state index contributed by atoms with van der Waals surface area (Å²) in [4.78, 5) is 13.9. The lowest BCUT2D eigenvalue weighted by molar-refractivity contribution is -0.138. The van der Waals surface area contributed by atoms with Crippen LogP contribution in [0.2, 0.25) is 0 Å². The van der Waals surface area contributed by atoms with Gasteiger partial charge in [0.25, 0.3) is 0 Å². The molecule has 2 aliphatic rings. The molecule has 1 heterocycles. The number of nitrogens with zero attached hydrogens (tertiary/aromatic N) is 1. The minimum Gasteiger partial charge on any atom is -0.444 e. The van der Waals surface area contributed by atoms with Crippen LogP contribution in [-0.4, -0.2) is 29.7 Å². The summed E-state index contributed by atoms with van der Waals surface area (Å²) in [6.45, 7) is 6.33. The van der Waals surface area contributed by atoms with Gasteiger partial charge in [0.15, 0.2) is 0 Å². The van der Waals surface area contributed by atoms with Gasteiger partial charge in [-0.3, -0.25) is 0 Å². The zero-order chi connectivity index (χ0) is 19.3. The van der Waals surface area contributed by atoms with Gasteiger partial charge in [0, 0.05) is 24.5 Å². The van der Waals surface area contributed by atoms with Gasteiger partial charge in [-0.1, -0.05) is 12.1 Å². The molecular weight excluding hydrogens is 345 g/mol. The molecule has 1 saturated heterocycles. The molecule has 2 N–H and O–H groups in total. The molecule has 1 spiro atoms. The van der Waals surface area contributed by atoms with E-state index >= 15 is 0 Å². The van der Waals surface area contributed by atoms with Crippen molar-refractivity contribution in [2.75, 3.05) is 13.1 Å². The van der Waals surface area contributed by atoms with E-state index in [1.165, 1.54) is 6.07 Å². The lowest BCUT2D eigenvalue weighted by Crippen LogP contribution is -2.46. The standard InChI is InChI=1S/C19H25F3N2O2/c1-17(2,3)26-16(25)24-9-7-18(8-10-24)11-14(23)15-12(18)5-4-6-13(15)19(20,21)22/h4-6,14H,7-11,23H2,1-3H3/t14-/m0/s1. The van der Waals surface area contributed by atoms with Crippen LogP contribution in [-0.2, 0) is 16.3 Å². The van der Waals surface area contributed by atoms with Gasteiger partial charge in [-0.15, -0.1) is 0 Å². The third-order valence-corrected chi connectivity index (χ3v) is 5.34. The summed E-state index contributed by atoms with van der Waals surface area (Å²) in [6, 6.07) is 3.70. The Morgan fingerprint density at radius 2 is 1.85 bits per heavy atom. The summed E-state index contributed by atoms with van der Waals surface area (Å²) in [5.74, 6) is 0. The van der Waals surface area contributed by atoms with Crippen molar-refractivity contribution in [1.82, 2.24) is 4.90 Å². The molecule has 0 unspecified atom stereocenters. The van der Waals surface area contributed by atoms with Crippen molar-refractivity contribution in [3.8, 4) is 0 Å². The van der Waals surface area contributed by atoms with Crippen LogP contribution >= 0.6 is 0 Å². The highest BCUT2D eigenvalue weighted by atomic mass is 19.4. The Morgan fingerprint density at radius 3 is 2.38 bits per heavy atom. The van der Waals surface area contributed by atoms with Gasteiger partial charge < -0.3 is 15.4 Å². The van der Waals surface area contributed by atoms with Crippen LogP contribution in [0.15, 0.2) is 18.2 Å². The summed E-state index contributed by atoms with van der Waals surface area (Å²) in [5.41, 5.74) is 5.45. The molecule has 1 atom stereocenters. The van der Waals surface area contributed by atoms with Crippen molar-refractivity contribution in [2.45, 2.75) is 63.3 Å². The van der Waals surface area contributed by atoms with Crippen molar-refractivity contribution in [3.05, 3.63) is 34.9 Å². The number of alkyl halides is 3. The number of piperidine rings is 1. The zero-order valence-electron chi connectivity index (χ0n) is 15.3. The SMILES string of the molecule is CC(C)(C)OC(=O)N1CCC2(CC1)C[C@H](N)c1c(C(F)(F)F)cccc12. The van der Waals surface area contributed by atoms with Crippen molar-refractivity contribution < 1.29 is 22.7 Å². The number of benzene rings is 1. The molecule has 144 valence electrons. The molecule has 1 fully saturated rings. The Kier molecular flexibility index (Phi) is 4.50. The maximum Gasteiger partial charge on any atom is 0.416 e. The number of rotatable bonds is 0. The molecule has 1 aliphatic carbocycles. The minimum atomic E-state index is -4.41. The van der Waals surface area contributed by atoms with E-state index in [1.54, 1.807) is 31.7 Å². The van der Waals surface area contributed by atoms with E-state index in [4.69, 9.17) is 10.5 Å². The van der Waals surface area contributed by atoms with Crippen molar-refractivity contribution in [2.24, 2.45) is 5.73 Å². The Balaban J connectivity index is 1.83. The van der Waals surface area contributed by atoms with Crippen LogP contribution < -0.4 is 5.73 Å². The van der Waals surface area contributed by atoms with Crippen LogP contribution in [0.25, 0.3) is 0 Å². The molecule has 0 bridgehead atoms. The molecule has 3 rings (SSSR count). The Labute approximate surface area is 151 Å². The highest BCUT2D eigenvalue weighted by molar-refractivity contribution is 5.68. The molecule has 1 aromatic carbocycles. The molecule has 7 heteroatoms. The maximum absolute atomic E-state index is 13.4. The van der Waals surface area contributed by atoms with E-state index in [0.717, 1.165) is 6.07 Å². The fourth-order valence-electron chi connectivity index (χ4n) is 4.22. The van der Waals surface area contributed by atoms with Crippen LogP contribution in [0.5, 0.6) is 0 Å². The second-order valence-electron chi connectivity index (χ2n) is 8.32. The van der Waals surface area contributed by atoms with E-state index in [-0.39, 0.29) is 11.7 Å². The second kappa shape index (κ2) is 6.15. The fraction of sp³-hybridized carbons (Fsp3) is 0.632. The second-order valence-corrected chi connectivity index (χ2v) is 8.32. The number of hydrogen-bond donors (Lipinski definition) is 1. The van der Waals surface area contributed by atoms with Gasteiger partial charge in [0.2, 0.25) is 0 Å². The van der Waals surface area contributed by atoms with E-state index in [0.29, 0.717) is 37.9 Å². The van der Waals surface area contributed by atoms with E-state index in [2.05, 4.69) is 0 Å². The molecule has 26 heavy (non-hydrogen) atoms. The number of halogens is 3. The molecule has 0 saturated carbocycles. The molecule has 1 aromatic rings. The third-order valence-electron chi connectivity index (χ3n) is 5.34. The first-order chi connectivity index (χ1) is 11.9. The molecule has 4 nitrogen and oxygen atoms in total. The first-order valence-electron chi connectivity index (χ1n) is 8.87. The number of ether oxygens (including phenoxy) is 1. The number of likely N-dealkylation sites (tertiary alicyclic amines) is 1. The summed E-state index contributed by atoms with van der Waals surface area (Å²) in [6.07, 6.45) is -3.12. The van der Waals surface area contributed by atoms with Gasteiger partial charge >= 0.3 is 12.3 Å². The third kappa shape index (κ3) is 3.41. The minimum absolute atomic E-state index is 0.228. The number of hydrogen-bond acceptors (Lipinski definition) is 3. The lowest BCUT2D eigenvalue weighted by Gasteiger charge is -2.40. The van der Waals surface area contributed by atoms with Crippen molar-refractivity contribution >= 4 is 6.09 Å². The van der Waals surface area contributed by atoms with Gasteiger partial charge in [-0.25, -0.2) is 4.79 Å². The predicted octanol–water partition coefficient (Wildman–Crippen LogP) is 4.38. The summed E-state index contributed by atoms with van der Waals surface area (Å²) in [7, 11) is 0. The van der Waals surface area contributed by atoms with Crippen LogP contribution in [0.1, 0.15) is 62.8 Å². The molecule has 0 radical (unpaired) electrons. The van der Waals surface area contributed by atoms with Crippen LogP contribution in [0, 0.1) is 0 Å².